The van der Waals surface area contributed by atoms with Crippen LogP contribution in [-0.2, 0) is 12.6 Å². The molecule has 0 saturated carbocycles. The van der Waals surface area contributed by atoms with E-state index in [2.05, 4.69) is 15.3 Å². The molecule has 3 rings (SSSR count). The number of alkyl halides is 3. The van der Waals surface area contributed by atoms with Gasteiger partial charge in [-0.05, 0) is 17.7 Å². The zero-order valence-electron chi connectivity index (χ0n) is 9.79. The predicted octanol–water partition coefficient (Wildman–Crippen LogP) is 2.50. The number of hydrogen-bond acceptors (Lipinski definition) is 5. The standard InChI is InChI=1S/C11H7F3N4OS/c12-11(13,14)9-15-16-10-18(9)17-8(20-10)5-6-1-3-7(19)4-2-6/h1-4,19H,5H2. The Morgan fingerprint density at radius 2 is 1.85 bits per heavy atom. The molecule has 0 fully saturated rings. The Morgan fingerprint density at radius 1 is 1.15 bits per heavy atom. The van der Waals surface area contributed by atoms with Crippen molar-refractivity contribution >= 4 is 16.3 Å². The number of fused-ring (bicyclic) bond motifs is 1. The van der Waals surface area contributed by atoms with Crippen molar-refractivity contribution in [3.63, 3.8) is 0 Å². The maximum absolute atomic E-state index is 12.6. The highest BCUT2D eigenvalue weighted by Crippen LogP contribution is 2.29. The van der Waals surface area contributed by atoms with Crippen LogP contribution < -0.4 is 0 Å². The third-order valence-corrected chi connectivity index (χ3v) is 3.48. The fourth-order valence-electron chi connectivity index (χ4n) is 1.69. The van der Waals surface area contributed by atoms with E-state index in [0.717, 1.165) is 16.9 Å². The van der Waals surface area contributed by atoms with Crippen LogP contribution in [-0.4, -0.2) is 24.9 Å². The molecule has 5 nitrogen and oxygen atoms in total. The van der Waals surface area contributed by atoms with Crippen molar-refractivity contribution in [1.29, 1.82) is 0 Å². The lowest BCUT2D eigenvalue weighted by Gasteiger charge is -2.00. The van der Waals surface area contributed by atoms with Crippen molar-refractivity contribution in [2.75, 3.05) is 0 Å². The SMILES string of the molecule is Oc1ccc(Cc2nn3c(C(F)(F)F)nnc3s2)cc1. The van der Waals surface area contributed by atoms with Crippen molar-refractivity contribution in [3.8, 4) is 5.75 Å². The average molecular weight is 300 g/mol. The summed E-state index contributed by atoms with van der Waals surface area (Å²) in [5.74, 6) is -0.994. The smallest absolute Gasteiger partial charge is 0.453 e. The number of nitrogens with zero attached hydrogens (tertiary/aromatic N) is 4. The average Bonchev–Trinajstić information content (AvgIpc) is 2.90. The van der Waals surface area contributed by atoms with E-state index in [4.69, 9.17) is 5.11 Å². The van der Waals surface area contributed by atoms with E-state index in [1.54, 1.807) is 12.1 Å². The molecule has 0 saturated heterocycles. The molecule has 0 unspecified atom stereocenters. The summed E-state index contributed by atoms with van der Waals surface area (Å²) < 4.78 is 38.6. The first kappa shape index (κ1) is 12.9. The first-order chi connectivity index (χ1) is 9.43. The van der Waals surface area contributed by atoms with Crippen LogP contribution in [0.3, 0.4) is 0 Å². The molecule has 0 spiro atoms. The third kappa shape index (κ3) is 2.31. The number of phenolic OH excluding ortho intramolecular Hbond substituents is 1. The third-order valence-electron chi connectivity index (χ3n) is 2.58. The Labute approximate surface area is 114 Å². The number of rotatable bonds is 2. The van der Waals surface area contributed by atoms with E-state index in [-0.39, 0.29) is 10.7 Å². The summed E-state index contributed by atoms with van der Waals surface area (Å²) >= 11 is 1.05. The fraction of sp³-hybridized carbons (Fsp3) is 0.182. The van der Waals surface area contributed by atoms with Crippen molar-refractivity contribution in [2.24, 2.45) is 0 Å². The van der Waals surface area contributed by atoms with Crippen LogP contribution in [0.5, 0.6) is 5.75 Å². The highest BCUT2D eigenvalue weighted by molar-refractivity contribution is 7.16. The van der Waals surface area contributed by atoms with Gasteiger partial charge in [0.15, 0.2) is 0 Å². The molecular formula is C11H7F3N4OS. The van der Waals surface area contributed by atoms with Crippen LogP contribution in [0.25, 0.3) is 4.96 Å². The van der Waals surface area contributed by atoms with E-state index in [1.807, 2.05) is 0 Å². The monoisotopic (exact) mass is 300 g/mol. The summed E-state index contributed by atoms with van der Waals surface area (Å²) in [6.45, 7) is 0. The van der Waals surface area contributed by atoms with Crippen molar-refractivity contribution in [2.45, 2.75) is 12.6 Å². The lowest BCUT2D eigenvalue weighted by atomic mass is 10.1. The Morgan fingerprint density at radius 3 is 2.50 bits per heavy atom. The number of benzene rings is 1. The van der Waals surface area contributed by atoms with Crippen molar-refractivity contribution < 1.29 is 18.3 Å². The van der Waals surface area contributed by atoms with Crippen LogP contribution in [0.2, 0.25) is 0 Å². The van der Waals surface area contributed by atoms with Gasteiger partial charge in [0.1, 0.15) is 10.8 Å². The molecule has 2 heterocycles. The van der Waals surface area contributed by atoms with Gasteiger partial charge in [0, 0.05) is 6.42 Å². The lowest BCUT2D eigenvalue weighted by Crippen LogP contribution is -2.11. The summed E-state index contributed by atoms with van der Waals surface area (Å²) in [4.78, 5) is 0.103. The Balaban J connectivity index is 1.93. The Hall–Kier alpha value is -2.16. The zero-order chi connectivity index (χ0) is 14.3. The molecule has 0 amide bonds. The molecule has 0 aliphatic carbocycles. The van der Waals surface area contributed by atoms with Gasteiger partial charge in [-0.15, -0.1) is 10.2 Å². The van der Waals surface area contributed by atoms with E-state index in [0.29, 0.717) is 15.9 Å². The molecule has 9 heteroatoms. The summed E-state index contributed by atoms with van der Waals surface area (Å²) in [6, 6.07) is 6.39. The number of halogens is 3. The topological polar surface area (TPSA) is 63.3 Å². The van der Waals surface area contributed by atoms with Crippen LogP contribution >= 0.6 is 11.3 Å². The van der Waals surface area contributed by atoms with E-state index >= 15 is 0 Å². The molecular weight excluding hydrogens is 293 g/mol. The largest absolute Gasteiger partial charge is 0.508 e. The van der Waals surface area contributed by atoms with Gasteiger partial charge in [0.25, 0.3) is 5.82 Å². The summed E-state index contributed by atoms with van der Waals surface area (Å²) in [7, 11) is 0. The maximum atomic E-state index is 12.6. The molecule has 1 N–H and O–H groups in total. The highest BCUT2D eigenvalue weighted by atomic mass is 32.1. The van der Waals surface area contributed by atoms with Gasteiger partial charge >= 0.3 is 6.18 Å². The summed E-state index contributed by atoms with van der Waals surface area (Å²) in [6.07, 6.45) is -4.21. The highest BCUT2D eigenvalue weighted by Gasteiger charge is 2.38. The van der Waals surface area contributed by atoms with E-state index in [9.17, 15) is 13.2 Å². The molecule has 20 heavy (non-hydrogen) atoms. The molecule has 0 aliphatic rings. The van der Waals surface area contributed by atoms with E-state index in [1.165, 1.54) is 12.1 Å². The van der Waals surface area contributed by atoms with Crippen molar-refractivity contribution in [1.82, 2.24) is 19.8 Å². The lowest BCUT2D eigenvalue weighted by molar-refractivity contribution is -0.146. The Kier molecular flexibility index (Phi) is 2.85. The molecule has 0 radical (unpaired) electrons. The molecule has 0 bridgehead atoms. The van der Waals surface area contributed by atoms with Gasteiger partial charge < -0.3 is 5.11 Å². The minimum absolute atomic E-state index is 0.103. The van der Waals surface area contributed by atoms with Gasteiger partial charge in [-0.25, -0.2) is 0 Å². The number of aromatic nitrogens is 4. The number of aromatic hydroxyl groups is 1. The van der Waals surface area contributed by atoms with Gasteiger partial charge in [-0.3, -0.25) is 0 Å². The van der Waals surface area contributed by atoms with Gasteiger partial charge in [0.05, 0.1) is 0 Å². The predicted molar refractivity (Wildman–Crippen MR) is 64.6 cm³/mol. The number of hydrogen-bond donors (Lipinski definition) is 1. The quantitative estimate of drug-likeness (QED) is 0.790. The summed E-state index contributed by atoms with van der Waals surface area (Å²) in [5.41, 5.74) is 0.835. The second-order valence-corrected chi connectivity index (χ2v) is 5.10. The van der Waals surface area contributed by atoms with Crippen LogP contribution in [0.4, 0.5) is 13.2 Å². The molecule has 3 aromatic rings. The van der Waals surface area contributed by atoms with Crippen LogP contribution in [0.15, 0.2) is 24.3 Å². The molecule has 1 aromatic carbocycles. The van der Waals surface area contributed by atoms with Gasteiger partial charge in [0.2, 0.25) is 4.96 Å². The second-order valence-electron chi connectivity index (χ2n) is 4.05. The van der Waals surface area contributed by atoms with E-state index < -0.39 is 12.0 Å². The fourth-order valence-corrected chi connectivity index (χ4v) is 2.56. The van der Waals surface area contributed by atoms with Gasteiger partial charge in [-0.2, -0.15) is 22.8 Å². The van der Waals surface area contributed by atoms with Crippen LogP contribution in [0, 0.1) is 0 Å². The minimum Gasteiger partial charge on any atom is -0.508 e. The summed E-state index contributed by atoms with van der Waals surface area (Å²) in [5, 5.41) is 20.1. The first-order valence-electron chi connectivity index (χ1n) is 5.50. The Bertz CT molecular complexity index is 747. The normalized spacial score (nSPS) is 12.2. The maximum Gasteiger partial charge on any atom is 0.453 e. The van der Waals surface area contributed by atoms with Gasteiger partial charge in [-0.1, -0.05) is 23.5 Å². The molecule has 104 valence electrons. The minimum atomic E-state index is -4.58. The zero-order valence-corrected chi connectivity index (χ0v) is 10.6. The molecule has 0 aliphatic heterocycles. The molecule has 2 aromatic heterocycles. The second kappa shape index (κ2) is 4.44. The molecule has 0 atom stereocenters. The first-order valence-corrected chi connectivity index (χ1v) is 6.31. The van der Waals surface area contributed by atoms with Crippen molar-refractivity contribution in [3.05, 3.63) is 40.7 Å². The number of phenols is 1. The van der Waals surface area contributed by atoms with Crippen LogP contribution in [0.1, 0.15) is 16.4 Å².